The Morgan fingerprint density at radius 3 is 2.96 bits per heavy atom. The number of morpholine rings is 2. The maximum Gasteiger partial charge on any atom is 0.0806 e. The van der Waals surface area contributed by atoms with Crippen molar-refractivity contribution in [2.24, 2.45) is 0 Å². The fourth-order valence-electron chi connectivity index (χ4n) is 4.41. The van der Waals surface area contributed by atoms with Gasteiger partial charge in [0.25, 0.3) is 0 Å². The Balaban J connectivity index is 1.45. The van der Waals surface area contributed by atoms with E-state index < -0.39 is 0 Å². The number of aromatic amines is 1. The molecule has 3 heterocycles. The van der Waals surface area contributed by atoms with Gasteiger partial charge in [-0.1, -0.05) is 6.07 Å². The molecule has 2 saturated heterocycles. The van der Waals surface area contributed by atoms with Crippen molar-refractivity contribution in [3.05, 3.63) is 35.0 Å². The topological polar surface area (TPSA) is 69.8 Å². The number of hydrogen-bond acceptors (Lipinski definition) is 5. The summed E-state index contributed by atoms with van der Waals surface area (Å²) >= 11 is 0. The van der Waals surface area contributed by atoms with Crippen LogP contribution in [0.15, 0.2) is 18.2 Å². The predicted molar refractivity (Wildman–Crippen MR) is 101 cm³/mol. The van der Waals surface area contributed by atoms with Crippen molar-refractivity contribution in [3.63, 3.8) is 0 Å². The van der Waals surface area contributed by atoms with Crippen molar-refractivity contribution in [1.82, 2.24) is 15.2 Å². The van der Waals surface area contributed by atoms with Crippen LogP contribution in [0, 0.1) is 13.8 Å². The highest BCUT2D eigenvalue weighted by Crippen LogP contribution is 2.26. The Morgan fingerprint density at radius 1 is 1.27 bits per heavy atom. The van der Waals surface area contributed by atoms with E-state index in [2.05, 4.69) is 47.2 Å². The van der Waals surface area contributed by atoms with E-state index in [9.17, 15) is 5.11 Å². The van der Waals surface area contributed by atoms with Gasteiger partial charge < -0.3 is 24.9 Å². The number of aliphatic hydroxyl groups excluding tert-OH is 1. The van der Waals surface area contributed by atoms with Crippen molar-refractivity contribution in [3.8, 4) is 0 Å². The van der Waals surface area contributed by atoms with Gasteiger partial charge in [0.15, 0.2) is 0 Å². The molecule has 0 radical (unpaired) electrons. The van der Waals surface area contributed by atoms with Crippen LogP contribution in [0.2, 0.25) is 0 Å². The van der Waals surface area contributed by atoms with Crippen LogP contribution in [0.25, 0.3) is 10.9 Å². The highest BCUT2D eigenvalue weighted by Gasteiger charge is 2.44. The third-order valence-electron chi connectivity index (χ3n) is 5.73. The fraction of sp³-hybridized carbons (Fsp3) is 0.600. The summed E-state index contributed by atoms with van der Waals surface area (Å²) in [5.41, 5.74) is 4.55. The molecule has 0 amide bonds. The van der Waals surface area contributed by atoms with E-state index in [0.29, 0.717) is 26.4 Å². The summed E-state index contributed by atoms with van der Waals surface area (Å²) in [4.78, 5) is 5.89. The Kier molecular flexibility index (Phi) is 5.03. The maximum absolute atomic E-state index is 10.1. The molecule has 0 aliphatic carbocycles. The summed E-state index contributed by atoms with van der Waals surface area (Å²) in [5, 5.41) is 15.0. The van der Waals surface area contributed by atoms with Gasteiger partial charge in [-0.25, -0.2) is 0 Å². The van der Waals surface area contributed by atoms with Crippen LogP contribution >= 0.6 is 0 Å². The Morgan fingerprint density at radius 2 is 2.12 bits per heavy atom. The molecule has 1 aromatic carbocycles. The Bertz CT molecular complexity index is 773. The number of aromatic nitrogens is 1. The van der Waals surface area contributed by atoms with E-state index >= 15 is 0 Å². The normalized spacial score (nSPS) is 27.0. The number of ether oxygens (including phenoxy) is 2. The fourth-order valence-corrected chi connectivity index (χ4v) is 4.41. The maximum atomic E-state index is 10.1. The number of hydrogen-bond donors (Lipinski definition) is 3. The second kappa shape index (κ2) is 7.29. The second-order valence-electron chi connectivity index (χ2n) is 7.76. The van der Waals surface area contributed by atoms with Gasteiger partial charge in [0.2, 0.25) is 0 Å². The van der Waals surface area contributed by atoms with Gasteiger partial charge >= 0.3 is 0 Å². The molecule has 0 bridgehead atoms. The lowest BCUT2D eigenvalue weighted by atomic mass is 9.94. The van der Waals surface area contributed by atoms with Crippen molar-refractivity contribution < 1.29 is 14.6 Å². The molecule has 2 fully saturated rings. The molecule has 2 aliphatic heterocycles. The number of fused-ring (bicyclic) bond motifs is 2. The highest BCUT2D eigenvalue weighted by molar-refractivity contribution is 5.84. The third-order valence-corrected chi connectivity index (χ3v) is 5.73. The molecule has 3 N–H and O–H groups in total. The minimum absolute atomic E-state index is 0.0848. The van der Waals surface area contributed by atoms with E-state index in [1.165, 1.54) is 22.0 Å². The van der Waals surface area contributed by atoms with Crippen LogP contribution in [-0.2, 0) is 16.0 Å². The molecule has 6 heteroatoms. The molecule has 142 valence electrons. The molecule has 2 unspecified atom stereocenters. The first kappa shape index (κ1) is 17.9. The first-order chi connectivity index (χ1) is 12.6. The van der Waals surface area contributed by atoms with Crippen LogP contribution in [0.5, 0.6) is 0 Å². The van der Waals surface area contributed by atoms with E-state index in [1.54, 1.807) is 0 Å². The average Bonchev–Trinajstić information content (AvgIpc) is 3.05. The molecular formula is C20H29N3O3. The molecule has 26 heavy (non-hydrogen) atoms. The molecule has 0 spiro atoms. The first-order valence-corrected chi connectivity index (χ1v) is 9.44. The number of aliphatic hydroxyl groups is 1. The van der Waals surface area contributed by atoms with Gasteiger partial charge in [0, 0.05) is 36.2 Å². The van der Waals surface area contributed by atoms with Crippen LogP contribution in [0.1, 0.15) is 16.8 Å². The van der Waals surface area contributed by atoms with Crippen molar-refractivity contribution in [2.75, 3.05) is 46.1 Å². The smallest absolute Gasteiger partial charge is 0.0806 e. The highest BCUT2D eigenvalue weighted by atomic mass is 16.5. The van der Waals surface area contributed by atoms with Gasteiger partial charge in [-0.05, 0) is 37.1 Å². The van der Waals surface area contributed by atoms with Crippen molar-refractivity contribution in [2.45, 2.75) is 32.0 Å². The van der Waals surface area contributed by atoms with Crippen LogP contribution in [0.3, 0.4) is 0 Å². The quantitative estimate of drug-likeness (QED) is 0.752. The summed E-state index contributed by atoms with van der Waals surface area (Å²) in [6, 6.07) is 6.86. The zero-order valence-corrected chi connectivity index (χ0v) is 15.7. The largest absolute Gasteiger partial charge is 0.394 e. The number of nitrogens with zero attached hydrogens (tertiary/aromatic N) is 1. The minimum atomic E-state index is -0.370. The van der Waals surface area contributed by atoms with E-state index in [0.717, 1.165) is 25.4 Å². The van der Waals surface area contributed by atoms with Crippen LogP contribution < -0.4 is 5.32 Å². The van der Waals surface area contributed by atoms with Gasteiger partial charge in [0.05, 0.1) is 44.6 Å². The van der Waals surface area contributed by atoms with Crippen molar-refractivity contribution >= 4 is 10.9 Å². The summed E-state index contributed by atoms with van der Waals surface area (Å²) in [7, 11) is 0. The predicted octanol–water partition coefficient (Wildman–Crippen LogP) is 1.34. The summed E-state index contributed by atoms with van der Waals surface area (Å²) < 4.78 is 11.4. The minimum Gasteiger partial charge on any atom is -0.394 e. The summed E-state index contributed by atoms with van der Waals surface area (Å²) in [6.45, 7) is 9.28. The van der Waals surface area contributed by atoms with Gasteiger partial charge in [-0.3, -0.25) is 4.90 Å². The summed E-state index contributed by atoms with van der Waals surface area (Å²) in [5.74, 6) is 0. The van der Waals surface area contributed by atoms with Crippen LogP contribution in [0.4, 0.5) is 0 Å². The van der Waals surface area contributed by atoms with Gasteiger partial charge in [-0.15, -0.1) is 0 Å². The third kappa shape index (κ3) is 3.28. The zero-order chi connectivity index (χ0) is 18.1. The van der Waals surface area contributed by atoms with Gasteiger partial charge in [-0.2, -0.15) is 0 Å². The Hall–Kier alpha value is -1.44. The molecule has 0 saturated carbocycles. The van der Waals surface area contributed by atoms with E-state index in [1.807, 2.05) is 0 Å². The number of rotatable bonds is 5. The lowest BCUT2D eigenvalue weighted by molar-refractivity contribution is -0.165. The molecule has 2 atom stereocenters. The second-order valence-corrected chi connectivity index (χ2v) is 7.76. The standard InChI is InChI=1S/C20H29N3O3/c1-14-5-15(2)18-7-16(22-19(18)6-14)8-21-11-20(12-24)13-26-10-17-9-25-4-3-23(17)20/h5-7,17,21-22,24H,3-4,8-13H2,1-2H3. The Labute approximate surface area is 154 Å². The number of H-pyrrole nitrogens is 1. The monoisotopic (exact) mass is 359 g/mol. The number of aryl methyl sites for hydroxylation is 2. The molecule has 6 nitrogen and oxygen atoms in total. The molecule has 2 aromatic rings. The first-order valence-electron chi connectivity index (χ1n) is 9.44. The zero-order valence-electron chi connectivity index (χ0n) is 15.7. The van der Waals surface area contributed by atoms with E-state index in [-0.39, 0.29) is 18.2 Å². The lowest BCUT2D eigenvalue weighted by Crippen LogP contribution is -2.70. The molecular weight excluding hydrogens is 330 g/mol. The molecule has 2 aliphatic rings. The van der Waals surface area contributed by atoms with Crippen LogP contribution in [-0.4, -0.2) is 72.7 Å². The number of nitrogens with one attached hydrogen (secondary N) is 2. The SMILES string of the molecule is Cc1cc(C)c2cc(CNCC3(CO)COCC4COCCN43)[nH]c2c1. The average molecular weight is 359 g/mol. The van der Waals surface area contributed by atoms with Gasteiger partial charge in [0.1, 0.15) is 0 Å². The van der Waals surface area contributed by atoms with E-state index in [4.69, 9.17) is 9.47 Å². The number of benzene rings is 1. The lowest BCUT2D eigenvalue weighted by Gasteiger charge is -2.52. The molecule has 1 aromatic heterocycles. The summed E-state index contributed by atoms with van der Waals surface area (Å²) in [6.07, 6.45) is 0. The molecule has 4 rings (SSSR count). The van der Waals surface area contributed by atoms with Crippen molar-refractivity contribution in [1.29, 1.82) is 0 Å².